The van der Waals surface area contributed by atoms with Gasteiger partial charge in [-0.3, -0.25) is 14.9 Å². The van der Waals surface area contributed by atoms with E-state index in [4.69, 9.17) is 0 Å². The highest BCUT2D eigenvalue weighted by Gasteiger charge is 2.51. The molecule has 2 aromatic carbocycles. The molecule has 164 valence electrons. The van der Waals surface area contributed by atoms with Crippen LogP contribution in [0.2, 0.25) is 0 Å². The van der Waals surface area contributed by atoms with Gasteiger partial charge in [-0.05, 0) is 37.0 Å². The summed E-state index contributed by atoms with van der Waals surface area (Å²) in [6, 6.07) is 17.8. The van der Waals surface area contributed by atoms with Gasteiger partial charge in [0.1, 0.15) is 0 Å². The maximum absolute atomic E-state index is 13.4. The van der Waals surface area contributed by atoms with Crippen LogP contribution in [-0.4, -0.2) is 46.4 Å². The Morgan fingerprint density at radius 3 is 2.32 bits per heavy atom. The largest absolute Gasteiger partial charge is 0.338 e. The number of amides is 2. The van der Waals surface area contributed by atoms with Gasteiger partial charge < -0.3 is 9.80 Å². The zero-order valence-electron chi connectivity index (χ0n) is 18.8. The first-order valence-electron chi connectivity index (χ1n) is 11.4. The van der Waals surface area contributed by atoms with Gasteiger partial charge in [0.2, 0.25) is 5.91 Å². The summed E-state index contributed by atoms with van der Waals surface area (Å²) >= 11 is 0. The summed E-state index contributed by atoms with van der Waals surface area (Å²) in [6.45, 7) is 8.23. The third-order valence-corrected chi connectivity index (χ3v) is 6.59. The van der Waals surface area contributed by atoms with Gasteiger partial charge in [0.25, 0.3) is 5.91 Å². The fourth-order valence-electron chi connectivity index (χ4n) is 4.86. The van der Waals surface area contributed by atoms with Crippen molar-refractivity contribution in [3.8, 4) is 0 Å². The second kappa shape index (κ2) is 8.83. The minimum atomic E-state index is -0.378. The lowest BCUT2D eigenvalue weighted by Gasteiger charge is -2.44. The summed E-state index contributed by atoms with van der Waals surface area (Å²) in [5.41, 5.74) is 2.64. The van der Waals surface area contributed by atoms with Crippen molar-refractivity contribution in [2.75, 3.05) is 13.1 Å². The molecule has 0 bridgehead atoms. The van der Waals surface area contributed by atoms with Crippen LogP contribution < -0.4 is 5.32 Å². The van der Waals surface area contributed by atoms with Crippen LogP contribution in [0.4, 0.5) is 0 Å². The van der Waals surface area contributed by atoms with E-state index in [0.29, 0.717) is 25.6 Å². The van der Waals surface area contributed by atoms with E-state index in [-0.39, 0.29) is 23.5 Å². The Bertz CT molecular complexity index is 915. The van der Waals surface area contributed by atoms with Crippen molar-refractivity contribution in [3.63, 3.8) is 0 Å². The van der Waals surface area contributed by atoms with Crippen molar-refractivity contribution in [3.05, 3.63) is 71.3 Å². The van der Waals surface area contributed by atoms with Gasteiger partial charge in [-0.2, -0.15) is 0 Å². The van der Waals surface area contributed by atoms with E-state index >= 15 is 0 Å². The predicted molar refractivity (Wildman–Crippen MR) is 122 cm³/mol. The summed E-state index contributed by atoms with van der Waals surface area (Å²) < 4.78 is 0. The van der Waals surface area contributed by atoms with Crippen LogP contribution in [0, 0.1) is 12.8 Å². The first kappa shape index (κ1) is 21.6. The smallest absolute Gasteiger partial charge is 0.253 e. The SMILES string of the molecule is Cc1ccc(C(=O)N2CCC3(CC2)N[C@H](CC(C)C)C(=O)N3Cc2ccccc2)cc1. The topological polar surface area (TPSA) is 52.7 Å². The molecule has 5 nitrogen and oxygen atoms in total. The van der Waals surface area contributed by atoms with Crippen LogP contribution >= 0.6 is 0 Å². The van der Waals surface area contributed by atoms with E-state index in [1.54, 1.807) is 0 Å². The lowest BCUT2D eigenvalue weighted by molar-refractivity contribution is -0.134. The minimum Gasteiger partial charge on any atom is -0.338 e. The van der Waals surface area contributed by atoms with Crippen LogP contribution in [0.1, 0.15) is 54.6 Å². The maximum atomic E-state index is 13.4. The van der Waals surface area contributed by atoms with Crippen molar-refractivity contribution in [1.82, 2.24) is 15.1 Å². The van der Waals surface area contributed by atoms with Crippen LogP contribution in [0.25, 0.3) is 0 Å². The Morgan fingerprint density at radius 2 is 1.71 bits per heavy atom. The molecule has 1 N–H and O–H groups in total. The number of hydrogen-bond donors (Lipinski definition) is 1. The van der Waals surface area contributed by atoms with E-state index in [9.17, 15) is 9.59 Å². The van der Waals surface area contributed by atoms with E-state index < -0.39 is 0 Å². The van der Waals surface area contributed by atoms with Crippen molar-refractivity contribution in [2.45, 2.75) is 58.3 Å². The summed E-state index contributed by atoms with van der Waals surface area (Å²) in [5.74, 6) is 0.710. The van der Waals surface area contributed by atoms with Crippen molar-refractivity contribution in [1.29, 1.82) is 0 Å². The van der Waals surface area contributed by atoms with Crippen molar-refractivity contribution >= 4 is 11.8 Å². The van der Waals surface area contributed by atoms with Crippen molar-refractivity contribution in [2.24, 2.45) is 5.92 Å². The lowest BCUT2D eigenvalue weighted by Crippen LogP contribution is -2.59. The monoisotopic (exact) mass is 419 g/mol. The highest BCUT2D eigenvalue weighted by Crippen LogP contribution is 2.35. The molecule has 0 saturated carbocycles. The second-order valence-corrected chi connectivity index (χ2v) is 9.43. The number of piperidine rings is 1. The predicted octanol–water partition coefficient (Wildman–Crippen LogP) is 3.97. The van der Waals surface area contributed by atoms with E-state index in [2.05, 4.69) is 31.3 Å². The average molecular weight is 420 g/mol. The van der Waals surface area contributed by atoms with Gasteiger partial charge in [-0.1, -0.05) is 61.9 Å². The molecular weight excluding hydrogens is 386 g/mol. The summed E-state index contributed by atoms with van der Waals surface area (Å²) in [4.78, 5) is 30.3. The van der Waals surface area contributed by atoms with Crippen LogP contribution in [-0.2, 0) is 11.3 Å². The van der Waals surface area contributed by atoms with E-state index in [0.717, 1.165) is 36.0 Å². The normalized spacial score (nSPS) is 20.6. The number of aryl methyl sites for hydroxylation is 1. The number of carbonyl (C=O) groups is 2. The Kier molecular flexibility index (Phi) is 6.15. The van der Waals surface area contributed by atoms with Crippen molar-refractivity contribution < 1.29 is 9.59 Å². The minimum absolute atomic E-state index is 0.0764. The van der Waals surface area contributed by atoms with E-state index in [1.165, 1.54) is 0 Å². The molecule has 31 heavy (non-hydrogen) atoms. The molecule has 5 heteroatoms. The zero-order valence-corrected chi connectivity index (χ0v) is 18.8. The molecule has 0 radical (unpaired) electrons. The molecule has 2 fully saturated rings. The molecule has 0 aliphatic carbocycles. The lowest BCUT2D eigenvalue weighted by atomic mass is 9.94. The quantitative estimate of drug-likeness (QED) is 0.798. The Labute approximate surface area is 185 Å². The maximum Gasteiger partial charge on any atom is 0.253 e. The molecule has 2 aromatic rings. The van der Waals surface area contributed by atoms with Crippen LogP contribution in [0.15, 0.2) is 54.6 Å². The fraction of sp³-hybridized carbons (Fsp3) is 0.462. The molecule has 2 aliphatic rings. The molecule has 1 atom stereocenters. The Hall–Kier alpha value is -2.66. The van der Waals surface area contributed by atoms with Gasteiger partial charge >= 0.3 is 0 Å². The summed E-state index contributed by atoms with van der Waals surface area (Å²) in [7, 11) is 0. The third kappa shape index (κ3) is 4.52. The van der Waals surface area contributed by atoms with Crippen LogP contribution in [0.3, 0.4) is 0 Å². The van der Waals surface area contributed by atoms with Gasteiger partial charge in [0.05, 0.1) is 11.7 Å². The molecule has 2 amide bonds. The van der Waals surface area contributed by atoms with Gasteiger partial charge in [-0.25, -0.2) is 0 Å². The number of rotatable bonds is 5. The number of carbonyl (C=O) groups excluding carboxylic acids is 2. The first-order valence-corrected chi connectivity index (χ1v) is 11.4. The first-order chi connectivity index (χ1) is 14.9. The number of nitrogens with zero attached hydrogens (tertiary/aromatic N) is 2. The van der Waals surface area contributed by atoms with Crippen LogP contribution in [0.5, 0.6) is 0 Å². The van der Waals surface area contributed by atoms with Gasteiger partial charge in [0.15, 0.2) is 0 Å². The molecule has 1 spiro atoms. The van der Waals surface area contributed by atoms with E-state index in [1.807, 2.05) is 59.2 Å². The zero-order chi connectivity index (χ0) is 22.0. The molecular formula is C26H33N3O2. The highest BCUT2D eigenvalue weighted by molar-refractivity contribution is 5.94. The molecule has 2 aliphatic heterocycles. The highest BCUT2D eigenvalue weighted by atomic mass is 16.2. The van der Waals surface area contributed by atoms with Gasteiger partial charge in [0, 0.05) is 38.0 Å². The summed E-state index contributed by atoms with van der Waals surface area (Å²) in [6.07, 6.45) is 2.33. The molecule has 4 rings (SSSR count). The molecule has 0 aromatic heterocycles. The Morgan fingerprint density at radius 1 is 1.06 bits per heavy atom. The third-order valence-electron chi connectivity index (χ3n) is 6.59. The molecule has 2 heterocycles. The number of benzene rings is 2. The summed E-state index contributed by atoms with van der Waals surface area (Å²) in [5, 5.41) is 3.70. The number of nitrogens with one attached hydrogen (secondary N) is 1. The van der Waals surface area contributed by atoms with Gasteiger partial charge in [-0.15, -0.1) is 0 Å². The molecule has 2 saturated heterocycles. The average Bonchev–Trinajstić information content (AvgIpc) is 3.00. The molecule has 0 unspecified atom stereocenters. The Balaban J connectivity index is 1.51. The number of likely N-dealkylation sites (tertiary alicyclic amines) is 1. The fourth-order valence-corrected chi connectivity index (χ4v) is 4.86. The number of hydrogen-bond acceptors (Lipinski definition) is 3. The second-order valence-electron chi connectivity index (χ2n) is 9.43. The standard InChI is InChI=1S/C26H33N3O2/c1-19(2)17-23-25(31)29(18-21-7-5-4-6-8-21)26(27-23)13-15-28(16-14-26)24(30)22-11-9-20(3)10-12-22/h4-12,19,23,27H,13-18H2,1-3H3/t23-/m1/s1.